The minimum absolute atomic E-state index is 0.0396. The lowest BCUT2D eigenvalue weighted by molar-refractivity contribution is -0.138. The third-order valence-electron chi connectivity index (χ3n) is 2.39. The fraction of sp³-hybridized carbons (Fsp3) is 0.462. The summed E-state index contributed by atoms with van der Waals surface area (Å²) < 4.78 is 25.7. The molecule has 1 rings (SSSR count). The minimum Gasteiger partial charge on any atom is -0.341 e. The zero-order chi connectivity index (χ0) is 13.2. The molecular formula is C13H17F2NO. The lowest BCUT2D eigenvalue weighted by Crippen LogP contribution is -2.36. The number of halogens is 2. The highest BCUT2D eigenvalue weighted by atomic mass is 19.2. The summed E-state index contributed by atoms with van der Waals surface area (Å²) >= 11 is 0. The zero-order valence-corrected chi connectivity index (χ0v) is 10.6. The molecule has 0 spiro atoms. The standard InChI is InChI=1S/C13H17F2NO/c1-13(2,3)12(17)16(4)8-9-5-6-10(14)11(15)7-9/h5-7H,8H2,1-4H3. The van der Waals surface area contributed by atoms with Crippen molar-refractivity contribution in [1.29, 1.82) is 0 Å². The van der Waals surface area contributed by atoms with Crippen molar-refractivity contribution in [3.8, 4) is 0 Å². The molecule has 1 aromatic carbocycles. The van der Waals surface area contributed by atoms with E-state index in [1.807, 2.05) is 20.8 Å². The first-order valence-electron chi connectivity index (χ1n) is 5.41. The van der Waals surface area contributed by atoms with Crippen molar-refractivity contribution in [2.75, 3.05) is 7.05 Å². The Bertz CT molecular complexity index is 424. The van der Waals surface area contributed by atoms with Crippen molar-refractivity contribution in [1.82, 2.24) is 4.90 Å². The summed E-state index contributed by atoms with van der Waals surface area (Å²) in [6.45, 7) is 5.72. The van der Waals surface area contributed by atoms with E-state index in [9.17, 15) is 13.6 Å². The van der Waals surface area contributed by atoms with E-state index in [1.165, 1.54) is 11.0 Å². The third-order valence-corrected chi connectivity index (χ3v) is 2.39. The molecule has 0 heterocycles. The van der Waals surface area contributed by atoms with Crippen LogP contribution in [0.2, 0.25) is 0 Å². The molecule has 0 bridgehead atoms. The maximum absolute atomic E-state index is 13.0. The maximum Gasteiger partial charge on any atom is 0.227 e. The molecule has 0 unspecified atom stereocenters. The summed E-state index contributed by atoms with van der Waals surface area (Å²) in [5, 5.41) is 0. The van der Waals surface area contributed by atoms with Gasteiger partial charge in [-0.1, -0.05) is 26.8 Å². The first-order valence-corrected chi connectivity index (χ1v) is 5.41. The van der Waals surface area contributed by atoms with Crippen LogP contribution in [0.15, 0.2) is 18.2 Å². The Kier molecular flexibility index (Phi) is 3.86. The molecule has 4 heteroatoms. The van der Waals surface area contributed by atoms with Gasteiger partial charge in [-0.15, -0.1) is 0 Å². The van der Waals surface area contributed by atoms with E-state index in [4.69, 9.17) is 0 Å². The Balaban J connectivity index is 2.78. The third kappa shape index (κ3) is 3.51. The van der Waals surface area contributed by atoms with Gasteiger partial charge in [-0.2, -0.15) is 0 Å². The van der Waals surface area contributed by atoms with Crippen LogP contribution < -0.4 is 0 Å². The Morgan fingerprint density at radius 2 is 1.82 bits per heavy atom. The zero-order valence-electron chi connectivity index (χ0n) is 10.6. The van der Waals surface area contributed by atoms with Gasteiger partial charge in [0.1, 0.15) is 0 Å². The number of amides is 1. The molecule has 1 amide bonds. The Hall–Kier alpha value is -1.45. The predicted octanol–water partition coefficient (Wildman–Crippen LogP) is 2.97. The molecule has 0 aromatic heterocycles. The van der Waals surface area contributed by atoms with Crippen molar-refractivity contribution < 1.29 is 13.6 Å². The Labute approximate surface area is 100 Å². The van der Waals surface area contributed by atoms with Crippen molar-refractivity contribution in [2.45, 2.75) is 27.3 Å². The van der Waals surface area contributed by atoms with Gasteiger partial charge in [-0.05, 0) is 17.7 Å². The summed E-state index contributed by atoms with van der Waals surface area (Å²) in [4.78, 5) is 13.4. The van der Waals surface area contributed by atoms with E-state index in [0.29, 0.717) is 5.56 Å². The van der Waals surface area contributed by atoms with Crippen LogP contribution in [-0.2, 0) is 11.3 Å². The molecule has 0 atom stereocenters. The summed E-state index contributed by atoms with van der Waals surface area (Å²) in [6, 6.07) is 3.66. The molecule has 0 aliphatic rings. The first-order chi connectivity index (χ1) is 7.71. The normalized spacial score (nSPS) is 11.4. The number of nitrogens with zero attached hydrogens (tertiary/aromatic N) is 1. The molecule has 0 aliphatic heterocycles. The van der Waals surface area contributed by atoms with Gasteiger partial charge >= 0.3 is 0 Å². The van der Waals surface area contributed by atoms with E-state index in [2.05, 4.69) is 0 Å². The van der Waals surface area contributed by atoms with Gasteiger partial charge in [0.15, 0.2) is 11.6 Å². The van der Waals surface area contributed by atoms with Crippen molar-refractivity contribution in [3.05, 3.63) is 35.4 Å². The topological polar surface area (TPSA) is 20.3 Å². The van der Waals surface area contributed by atoms with Gasteiger partial charge in [0.25, 0.3) is 0 Å². The number of carbonyl (C=O) groups is 1. The Morgan fingerprint density at radius 3 is 2.29 bits per heavy atom. The SMILES string of the molecule is CN(Cc1ccc(F)c(F)c1)C(=O)C(C)(C)C. The molecule has 0 N–H and O–H groups in total. The highest BCUT2D eigenvalue weighted by molar-refractivity contribution is 5.81. The smallest absolute Gasteiger partial charge is 0.227 e. The second-order valence-electron chi connectivity index (χ2n) is 5.16. The molecule has 2 nitrogen and oxygen atoms in total. The lowest BCUT2D eigenvalue weighted by Gasteiger charge is -2.26. The molecule has 0 saturated heterocycles. The monoisotopic (exact) mass is 241 g/mol. The van der Waals surface area contributed by atoms with Crippen molar-refractivity contribution in [3.63, 3.8) is 0 Å². The second kappa shape index (κ2) is 4.82. The van der Waals surface area contributed by atoms with Gasteiger partial charge < -0.3 is 4.90 Å². The molecule has 17 heavy (non-hydrogen) atoms. The minimum atomic E-state index is -0.890. The maximum atomic E-state index is 13.0. The quantitative estimate of drug-likeness (QED) is 0.779. The fourth-order valence-corrected chi connectivity index (χ4v) is 1.56. The molecule has 1 aromatic rings. The Morgan fingerprint density at radius 1 is 1.24 bits per heavy atom. The molecule has 0 saturated carbocycles. The molecule has 94 valence electrons. The van der Waals surface area contributed by atoms with Gasteiger partial charge in [0.2, 0.25) is 5.91 Å². The van der Waals surface area contributed by atoms with Crippen molar-refractivity contribution in [2.24, 2.45) is 5.41 Å². The van der Waals surface area contributed by atoms with E-state index < -0.39 is 17.0 Å². The summed E-state index contributed by atoms with van der Waals surface area (Å²) in [7, 11) is 1.65. The van der Waals surface area contributed by atoms with E-state index >= 15 is 0 Å². The van der Waals surface area contributed by atoms with Gasteiger partial charge in [-0.3, -0.25) is 4.79 Å². The van der Waals surface area contributed by atoms with Crippen LogP contribution in [0.5, 0.6) is 0 Å². The predicted molar refractivity (Wildman–Crippen MR) is 62.3 cm³/mol. The van der Waals surface area contributed by atoms with E-state index in [-0.39, 0.29) is 12.5 Å². The first kappa shape index (κ1) is 13.6. The highest BCUT2D eigenvalue weighted by Gasteiger charge is 2.24. The molecular weight excluding hydrogens is 224 g/mol. The number of carbonyl (C=O) groups excluding carboxylic acids is 1. The van der Waals surface area contributed by atoms with Gasteiger partial charge in [-0.25, -0.2) is 8.78 Å². The molecule has 0 radical (unpaired) electrons. The summed E-state index contributed by atoms with van der Waals surface area (Å²) in [6.07, 6.45) is 0. The van der Waals surface area contributed by atoms with Gasteiger partial charge in [0, 0.05) is 19.0 Å². The van der Waals surface area contributed by atoms with Crippen molar-refractivity contribution >= 4 is 5.91 Å². The van der Waals surface area contributed by atoms with Crippen LogP contribution in [0.3, 0.4) is 0 Å². The number of benzene rings is 1. The average Bonchev–Trinajstić information content (AvgIpc) is 2.21. The van der Waals surface area contributed by atoms with Gasteiger partial charge in [0.05, 0.1) is 0 Å². The van der Waals surface area contributed by atoms with Crippen LogP contribution >= 0.6 is 0 Å². The summed E-state index contributed by atoms with van der Waals surface area (Å²) in [5.41, 5.74) is 0.0943. The number of hydrogen-bond acceptors (Lipinski definition) is 1. The highest BCUT2D eigenvalue weighted by Crippen LogP contribution is 2.18. The molecule has 0 fully saturated rings. The fourth-order valence-electron chi connectivity index (χ4n) is 1.56. The number of rotatable bonds is 2. The van der Waals surface area contributed by atoms with Crippen LogP contribution in [0.25, 0.3) is 0 Å². The summed E-state index contributed by atoms with van der Waals surface area (Å²) in [5.74, 6) is -1.81. The van der Waals surface area contributed by atoms with E-state index in [0.717, 1.165) is 12.1 Å². The largest absolute Gasteiger partial charge is 0.341 e. The van der Waals surface area contributed by atoms with Crippen LogP contribution in [-0.4, -0.2) is 17.9 Å². The average molecular weight is 241 g/mol. The van der Waals surface area contributed by atoms with Crippen LogP contribution in [0, 0.1) is 17.0 Å². The van der Waals surface area contributed by atoms with E-state index in [1.54, 1.807) is 7.05 Å². The van der Waals surface area contributed by atoms with Crippen LogP contribution in [0.4, 0.5) is 8.78 Å². The lowest BCUT2D eigenvalue weighted by atomic mass is 9.95. The number of hydrogen-bond donors (Lipinski definition) is 0. The molecule has 0 aliphatic carbocycles. The van der Waals surface area contributed by atoms with Crippen LogP contribution in [0.1, 0.15) is 26.3 Å². The second-order valence-corrected chi connectivity index (χ2v) is 5.16.